The molecule has 6 heteroatoms. The van der Waals surface area contributed by atoms with Gasteiger partial charge in [0.2, 0.25) is 0 Å². The van der Waals surface area contributed by atoms with E-state index in [2.05, 4.69) is 4.90 Å². The number of carbonyl (C=O) groups is 1. The molecule has 6 nitrogen and oxygen atoms in total. The van der Waals surface area contributed by atoms with E-state index in [9.17, 15) is 4.79 Å². The maximum Gasteiger partial charge on any atom is 0.409 e. The number of piperazine rings is 1. The predicted octanol–water partition coefficient (Wildman–Crippen LogP) is 0.912. The first-order valence-corrected chi connectivity index (χ1v) is 6.96. The van der Waals surface area contributed by atoms with Gasteiger partial charge in [-0.15, -0.1) is 0 Å². The molecule has 1 atom stereocenters. The van der Waals surface area contributed by atoms with E-state index in [0.717, 1.165) is 32.7 Å². The second kappa shape index (κ2) is 6.07. The van der Waals surface area contributed by atoms with Crippen molar-refractivity contribution in [3.8, 4) is 0 Å². The number of hydrogen-bond acceptors (Lipinski definition) is 5. The molecule has 0 bridgehead atoms. The minimum absolute atomic E-state index is 0.129. The number of carbonyl (C=O) groups excluding carboxylic acids is 1. The molecule has 0 saturated carbocycles. The molecule has 2 aliphatic rings. The highest BCUT2D eigenvalue weighted by atomic mass is 16.7. The monoisotopic (exact) mass is 272 g/mol. The lowest BCUT2D eigenvalue weighted by Crippen LogP contribution is -2.50. The number of rotatable bonds is 3. The van der Waals surface area contributed by atoms with Crippen molar-refractivity contribution in [3.05, 3.63) is 0 Å². The zero-order valence-electron chi connectivity index (χ0n) is 12.1. The van der Waals surface area contributed by atoms with Crippen molar-refractivity contribution in [2.45, 2.75) is 32.7 Å². The topological polar surface area (TPSA) is 51.2 Å². The van der Waals surface area contributed by atoms with Crippen molar-refractivity contribution in [1.29, 1.82) is 0 Å². The molecule has 2 aliphatic heterocycles. The lowest BCUT2D eigenvalue weighted by atomic mass is 10.3. The molecule has 19 heavy (non-hydrogen) atoms. The summed E-state index contributed by atoms with van der Waals surface area (Å²) in [5.74, 6) is -0.461. The maximum atomic E-state index is 11.6. The van der Waals surface area contributed by atoms with Gasteiger partial charge >= 0.3 is 6.09 Å². The molecule has 0 N–H and O–H groups in total. The Morgan fingerprint density at radius 3 is 2.53 bits per heavy atom. The minimum Gasteiger partial charge on any atom is -0.450 e. The summed E-state index contributed by atoms with van der Waals surface area (Å²) in [6, 6.07) is 0. The van der Waals surface area contributed by atoms with Gasteiger partial charge in [0.15, 0.2) is 5.79 Å². The summed E-state index contributed by atoms with van der Waals surface area (Å²) in [6.45, 7) is 10.8. The molecule has 0 aromatic carbocycles. The van der Waals surface area contributed by atoms with Crippen LogP contribution < -0.4 is 0 Å². The molecular formula is C13H24N2O4. The van der Waals surface area contributed by atoms with Crippen LogP contribution in [0.25, 0.3) is 0 Å². The van der Waals surface area contributed by atoms with Gasteiger partial charge in [-0.25, -0.2) is 4.79 Å². The summed E-state index contributed by atoms with van der Waals surface area (Å²) in [5.41, 5.74) is 0. The van der Waals surface area contributed by atoms with Crippen LogP contribution in [0.1, 0.15) is 20.8 Å². The molecule has 2 saturated heterocycles. The normalized spacial score (nSPS) is 27.5. The Morgan fingerprint density at radius 2 is 2.00 bits per heavy atom. The number of hydrogen-bond donors (Lipinski definition) is 0. The van der Waals surface area contributed by atoms with Gasteiger partial charge in [-0.3, -0.25) is 4.90 Å². The van der Waals surface area contributed by atoms with E-state index < -0.39 is 5.79 Å². The summed E-state index contributed by atoms with van der Waals surface area (Å²) >= 11 is 0. The van der Waals surface area contributed by atoms with Crippen LogP contribution in [-0.4, -0.2) is 73.7 Å². The van der Waals surface area contributed by atoms with E-state index in [1.165, 1.54) is 0 Å². The van der Waals surface area contributed by atoms with Crippen LogP contribution >= 0.6 is 0 Å². The molecule has 2 fully saturated rings. The summed E-state index contributed by atoms with van der Waals surface area (Å²) in [7, 11) is 0. The van der Waals surface area contributed by atoms with Crippen LogP contribution in [0.3, 0.4) is 0 Å². The van der Waals surface area contributed by atoms with Gasteiger partial charge in [-0.05, 0) is 20.8 Å². The molecule has 110 valence electrons. The van der Waals surface area contributed by atoms with Crippen LogP contribution in [0.5, 0.6) is 0 Å². The highest BCUT2D eigenvalue weighted by Gasteiger charge is 2.34. The Hall–Kier alpha value is -0.850. The first-order chi connectivity index (χ1) is 9.00. The van der Waals surface area contributed by atoms with E-state index >= 15 is 0 Å². The largest absolute Gasteiger partial charge is 0.450 e. The van der Waals surface area contributed by atoms with E-state index in [-0.39, 0.29) is 12.2 Å². The summed E-state index contributed by atoms with van der Waals surface area (Å²) in [6.07, 6.45) is -0.0760. The van der Waals surface area contributed by atoms with Crippen molar-refractivity contribution >= 4 is 6.09 Å². The van der Waals surface area contributed by atoms with Gasteiger partial charge in [0.1, 0.15) is 0 Å². The van der Waals surface area contributed by atoms with Crippen molar-refractivity contribution in [3.63, 3.8) is 0 Å². The minimum atomic E-state index is -0.461. The van der Waals surface area contributed by atoms with Gasteiger partial charge in [-0.2, -0.15) is 0 Å². The predicted molar refractivity (Wildman–Crippen MR) is 69.9 cm³/mol. The Bertz CT molecular complexity index is 314. The van der Waals surface area contributed by atoms with Gasteiger partial charge < -0.3 is 19.1 Å². The number of ether oxygens (including phenoxy) is 3. The lowest BCUT2D eigenvalue weighted by Gasteiger charge is -2.35. The third kappa shape index (κ3) is 4.06. The van der Waals surface area contributed by atoms with Gasteiger partial charge in [0.25, 0.3) is 0 Å². The Labute approximate surface area is 114 Å². The SMILES string of the molecule is CCOC(=O)N1CCN(C[C@H]2COC(C)(C)O2)CC1. The van der Waals surface area contributed by atoms with Gasteiger partial charge in [-0.1, -0.05) is 0 Å². The van der Waals surface area contributed by atoms with E-state index in [1.807, 2.05) is 20.8 Å². The molecule has 0 spiro atoms. The number of nitrogens with zero attached hydrogens (tertiary/aromatic N) is 2. The molecule has 0 aromatic rings. The Kier molecular flexibility index (Phi) is 4.65. The fourth-order valence-electron chi connectivity index (χ4n) is 2.47. The van der Waals surface area contributed by atoms with Gasteiger partial charge in [0, 0.05) is 32.7 Å². The highest BCUT2D eigenvalue weighted by molar-refractivity contribution is 5.67. The number of amides is 1. The molecule has 0 unspecified atom stereocenters. The zero-order valence-corrected chi connectivity index (χ0v) is 12.1. The van der Waals surface area contributed by atoms with Crippen molar-refractivity contribution in [2.24, 2.45) is 0 Å². The average molecular weight is 272 g/mol. The fraction of sp³-hybridized carbons (Fsp3) is 0.923. The Morgan fingerprint density at radius 1 is 1.32 bits per heavy atom. The first kappa shape index (κ1) is 14.6. The summed E-state index contributed by atoms with van der Waals surface area (Å²) in [4.78, 5) is 15.6. The second-order valence-corrected chi connectivity index (χ2v) is 5.44. The average Bonchev–Trinajstić information content (AvgIpc) is 2.70. The molecule has 2 heterocycles. The molecule has 1 amide bonds. The molecule has 0 aromatic heterocycles. The standard InChI is InChI=1S/C13H24N2O4/c1-4-17-12(16)15-7-5-14(6-8-15)9-11-10-18-13(2,3)19-11/h11H,4-10H2,1-3H3/t11-/m0/s1. The fourth-order valence-corrected chi connectivity index (χ4v) is 2.47. The third-order valence-electron chi connectivity index (χ3n) is 3.43. The smallest absolute Gasteiger partial charge is 0.409 e. The van der Waals surface area contributed by atoms with Crippen molar-refractivity contribution < 1.29 is 19.0 Å². The van der Waals surface area contributed by atoms with Crippen LogP contribution in [0.4, 0.5) is 4.79 Å². The summed E-state index contributed by atoms with van der Waals surface area (Å²) < 4.78 is 16.3. The van der Waals surface area contributed by atoms with Crippen molar-refractivity contribution in [2.75, 3.05) is 45.9 Å². The van der Waals surface area contributed by atoms with E-state index in [4.69, 9.17) is 14.2 Å². The van der Waals surface area contributed by atoms with Crippen LogP contribution in [-0.2, 0) is 14.2 Å². The van der Waals surface area contributed by atoms with Crippen molar-refractivity contribution in [1.82, 2.24) is 9.80 Å². The molecule has 0 radical (unpaired) electrons. The molecular weight excluding hydrogens is 248 g/mol. The molecule has 2 rings (SSSR count). The second-order valence-electron chi connectivity index (χ2n) is 5.44. The van der Waals surface area contributed by atoms with E-state index in [0.29, 0.717) is 13.2 Å². The van der Waals surface area contributed by atoms with Gasteiger partial charge in [0.05, 0.1) is 19.3 Å². The zero-order chi connectivity index (χ0) is 13.9. The molecule has 0 aliphatic carbocycles. The summed E-state index contributed by atoms with van der Waals surface area (Å²) in [5, 5.41) is 0. The third-order valence-corrected chi connectivity index (χ3v) is 3.43. The highest BCUT2D eigenvalue weighted by Crippen LogP contribution is 2.23. The van der Waals surface area contributed by atoms with Crippen LogP contribution in [0, 0.1) is 0 Å². The van der Waals surface area contributed by atoms with Crippen LogP contribution in [0.15, 0.2) is 0 Å². The quantitative estimate of drug-likeness (QED) is 0.764. The van der Waals surface area contributed by atoms with Crippen LogP contribution in [0.2, 0.25) is 0 Å². The van der Waals surface area contributed by atoms with E-state index in [1.54, 1.807) is 4.90 Å². The lowest BCUT2D eigenvalue weighted by molar-refractivity contribution is -0.140. The maximum absolute atomic E-state index is 11.6. The first-order valence-electron chi connectivity index (χ1n) is 6.96. The Balaban J connectivity index is 1.71.